The van der Waals surface area contributed by atoms with E-state index in [1.165, 1.54) is 23.9 Å². The molecule has 0 aliphatic heterocycles. The molecule has 1 aromatic rings. The van der Waals surface area contributed by atoms with Crippen LogP contribution in [0, 0.1) is 0 Å². The SMILES string of the molecule is CSCCC(N)C(=O)NC(Cc1ccc(O)cc1)C(=O)NC(CCCN=C(N)N)C(=O)NC(CC(=O)O)C(=O)O. The summed E-state index contributed by atoms with van der Waals surface area (Å²) in [6.07, 6.45) is 1.46. The van der Waals surface area contributed by atoms with Gasteiger partial charge in [-0.25, -0.2) is 4.79 Å². The topological polar surface area (TPSA) is 273 Å². The van der Waals surface area contributed by atoms with Gasteiger partial charge in [0.15, 0.2) is 5.96 Å². The second kappa shape index (κ2) is 17.5. The van der Waals surface area contributed by atoms with Gasteiger partial charge < -0.3 is 48.5 Å². The van der Waals surface area contributed by atoms with Crippen molar-refractivity contribution in [3.8, 4) is 5.75 Å². The number of nitrogens with one attached hydrogen (secondary N) is 3. The van der Waals surface area contributed by atoms with Crippen LogP contribution in [0.15, 0.2) is 29.3 Å². The Bertz CT molecular complexity index is 1050. The molecule has 12 N–H and O–H groups in total. The van der Waals surface area contributed by atoms with Gasteiger partial charge in [0.1, 0.15) is 23.9 Å². The van der Waals surface area contributed by atoms with Crippen molar-refractivity contribution >= 4 is 47.4 Å². The summed E-state index contributed by atoms with van der Waals surface area (Å²) in [6, 6.07) is 0.769. The fraction of sp³-hybridized carbons (Fsp3) is 0.500. The van der Waals surface area contributed by atoms with E-state index < -0.39 is 60.2 Å². The van der Waals surface area contributed by atoms with E-state index in [-0.39, 0.29) is 37.5 Å². The molecule has 0 fully saturated rings. The lowest BCUT2D eigenvalue weighted by atomic mass is 10.0. The molecular weight excluding hydrogens is 546 g/mol. The zero-order valence-corrected chi connectivity index (χ0v) is 22.9. The number of phenols is 1. The number of carbonyl (C=O) groups is 5. The maximum atomic E-state index is 13.4. The van der Waals surface area contributed by atoms with Gasteiger partial charge in [-0.2, -0.15) is 11.8 Å². The number of thioether (sulfide) groups is 1. The maximum absolute atomic E-state index is 13.4. The first-order valence-electron chi connectivity index (χ1n) is 12.3. The van der Waals surface area contributed by atoms with Crippen LogP contribution in [-0.4, -0.2) is 93.7 Å². The molecule has 0 spiro atoms. The Balaban J connectivity index is 3.18. The van der Waals surface area contributed by atoms with Gasteiger partial charge in [0, 0.05) is 13.0 Å². The number of hydrogen-bond acceptors (Lipinski definition) is 9. The number of aromatic hydroxyl groups is 1. The number of aliphatic carboxylic acids is 2. The predicted molar refractivity (Wildman–Crippen MR) is 148 cm³/mol. The zero-order valence-electron chi connectivity index (χ0n) is 22.0. The number of benzene rings is 1. The average Bonchev–Trinajstić information content (AvgIpc) is 2.88. The van der Waals surface area contributed by atoms with Gasteiger partial charge in [0.25, 0.3) is 0 Å². The van der Waals surface area contributed by atoms with Crippen molar-refractivity contribution in [2.45, 2.75) is 56.3 Å². The summed E-state index contributed by atoms with van der Waals surface area (Å²) in [5.41, 5.74) is 17.2. The molecule has 4 unspecified atom stereocenters. The largest absolute Gasteiger partial charge is 0.508 e. The van der Waals surface area contributed by atoms with Gasteiger partial charge >= 0.3 is 11.9 Å². The second-order valence-corrected chi connectivity index (χ2v) is 9.81. The fourth-order valence-corrected chi connectivity index (χ4v) is 3.91. The van der Waals surface area contributed by atoms with Crippen LogP contribution >= 0.6 is 11.8 Å². The van der Waals surface area contributed by atoms with Crippen molar-refractivity contribution in [2.24, 2.45) is 22.2 Å². The number of phenolic OH excluding ortho intramolecular Hbond substituents is 1. The molecule has 1 aromatic carbocycles. The molecule has 222 valence electrons. The number of carboxylic acid groups (broad SMARTS) is 2. The van der Waals surface area contributed by atoms with Crippen LogP contribution in [0.4, 0.5) is 0 Å². The molecular formula is C24H37N7O8S. The molecule has 0 heterocycles. The third-order valence-corrected chi connectivity index (χ3v) is 6.19. The number of carbonyl (C=O) groups excluding carboxylic acids is 3. The van der Waals surface area contributed by atoms with Crippen molar-refractivity contribution < 1.29 is 39.3 Å². The minimum Gasteiger partial charge on any atom is -0.508 e. The van der Waals surface area contributed by atoms with Crippen molar-refractivity contribution in [1.29, 1.82) is 0 Å². The summed E-state index contributed by atoms with van der Waals surface area (Å²) in [5, 5.41) is 35.1. The molecule has 0 saturated heterocycles. The quantitative estimate of drug-likeness (QED) is 0.0520. The molecule has 0 bridgehead atoms. The van der Waals surface area contributed by atoms with Crippen LogP contribution in [-0.2, 0) is 30.4 Å². The van der Waals surface area contributed by atoms with Crippen LogP contribution in [0.1, 0.15) is 31.2 Å². The molecule has 1 rings (SSSR count). The van der Waals surface area contributed by atoms with Crippen LogP contribution in [0.25, 0.3) is 0 Å². The van der Waals surface area contributed by atoms with E-state index in [2.05, 4.69) is 20.9 Å². The Morgan fingerprint density at radius 3 is 2.02 bits per heavy atom. The fourth-order valence-electron chi connectivity index (χ4n) is 3.42. The number of guanidine groups is 1. The highest BCUT2D eigenvalue weighted by atomic mass is 32.2. The molecule has 0 aromatic heterocycles. The third kappa shape index (κ3) is 13.1. The van der Waals surface area contributed by atoms with Gasteiger partial charge in [-0.05, 0) is 49.0 Å². The van der Waals surface area contributed by atoms with Gasteiger partial charge in [0.2, 0.25) is 17.7 Å². The molecule has 0 radical (unpaired) electrons. The Kier molecular flexibility index (Phi) is 14.9. The normalized spacial score (nSPS) is 13.7. The maximum Gasteiger partial charge on any atom is 0.326 e. The van der Waals surface area contributed by atoms with Crippen molar-refractivity contribution in [3.63, 3.8) is 0 Å². The third-order valence-electron chi connectivity index (χ3n) is 5.55. The molecule has 15 nitrogen and oxygen atoms in total. The summed E-state index contributed by atoms with van der Waals surface area (Å²) >= 11 is 1.50. The highest BCUT2D eigenvalue weighted by Gasteiger charge is 2.31. The molecule has 0 saturated carbocycles. The minimum atomic E-state index is -1.75. The van der Waals surface area contributed by atoms with Gasteiger partial charge in [-0.1, -0.05) is 12.1 Å². The highest BCUT2D eigenvalue weighted by molar-refractivity contribution is 7.98. The number of aliphatic imine (C=N–C) groups is 1. The lowest BCUT2D eigenvalue weighted by Crippen LogP contribution is -2.57. The minimum absolute atomic E-state index is 0.000249. The standard InChI is InChI=1S/C24H37N7O8S/c1-40-10-8-15(25)20(35)30-17(11-13-4-6-14(32)7-5-13)22(37)29-16(3-2-9-28-24(26)27)21(36)31-18(23(38)39)12-19(33)34/h4-7,15-18,32H,2-3,8-12,25H2,1H3,(H,29,37)(H,30,35)(H,31,36)(H,33,34)(H,38,39)(H4,26,27,28). The molecule has 4 atom stereocenters. The Morgan fingerprint density at radius 2 is 1.48 bits per heavy atom. The monoisotopic (exact) mass is 583 g/mol. The number of nitrogens with zero attached hydrogens (tertiary/aromatic N) is 1. The summed E-state index contributed by atoms with van der Waals surface area (Å²) in [7, 11) is 0. The summed E-state index contributed by atoms with van der Waals surface area (Å²) in [4.78, 5) is 65.3. The highest BCUT2D eigenvalue weighted by Crippen LogP contribution is 2.12. The van der Waals surface area contributed by atoms with Crippen molar-refractivity contribution in [3.05, 3.63) is 29.8 Å². The van der Waals surface area contributed by atoms with Crippen molar-refractivity contribution in [1.82, 2.24) is 16.0 Å². The van der Waals surface area contributed by atoms with Crippen LogP contribution in [0.2, 0.25) is 0 Å². The molecule has 16 heteroatoms. The van der Waals surface area contributed by atoms with E-state index in [9.17, 15) is 34.2 Å². The first-order chi connectivity index (χ1) is 18.8. The van der Waals surface area contributed by atoms with Crippen LogP contribution in [0.5, 0.6) is 5.75 Å². The Morgan fingerprint density at radius 1 is 0.900 bits per heavy atom. The molecule has 0 aliphatic rings. The van der Waals surface area contributed by atoms with Crippen molar-refractivity contribution in [2.75, 3.05) is 18.6 Å². The number of hydrogen-bond donors (Lipinski definition) is 9. The first kappa shape index (κ1) is 34.0. The number of carboxylic acids is 2. The average molecular weight is 584 g/mol. The predicted octanol–water partition coefficient (Wildman–Crippen LogP) is -1.92. The molecule has 40 heavy (non-hydrogen) atoms. The number of nitrogens with two attached hydrogens (primary N) is 3. The first-order valence-corrected chi connectivity index (χ1v) is 13.7. The Hall–Kier alpha value is -4.05. The summed E-state index contributed by atoms with van der Waals surface area (Å²) in [5.74, 6) is -4.90. The molecule has 3 amide bonds. The summed E-state index contributed by atoms with van der Waals surface area (Å²) < 4.78 is 0. The van der Waals surface area contributed by atoms with Crippen LogP contribution < -0.4 is 33.2 Å². The lowest BCUT2D eigenvalue weighted by molar-refractivity contribution is -0.147. The Labute approximate surface area is 235 Å². The van der Waals surface area contributed by atoms with E-state index in [4.69, 9.17) is 22.3 Å². The van der Waals surface area contributed by atoms with Crippen LogP contribution in [0.3, 0.4) is 0 Å². The second-order valence-electron chi connectivity index (χ2n) is 8.83. The van der Waals surface area contributed by atoms with E-state index in [0.717, 1.165) is 0 Å². The smallest absolute Gasteiger partial charge is 0.326 e. The molecule has 0 aliphatic carbocycles. The van der Waals surface area contributed by atoms with E-state index >= 15 is 0 Å². The summed E-state index contributed by atoms with van der Waals surface area (Å²) in [6.45, 7) is 0.0947. The lowest BCUT2D eigenvalue weighted by Gasteiger charge is -2.25. The number of amides is 3. The van der Waals surface area contributed by atoms with Gasteiger partial charge in [0.05, 0.1) is 12.5 Å². The zero-order chi connectivity index (χ0) is 30.2. The van der Waals surface area contributed by atoms with E-state index in [1.807, 2.05) is 6.26 Å². The van der Waals surface area contributed by atoms with E-state index in [0.29, 0.717) is 17.7 Å². The van der Waals surface area contributed by atoms with Gasteiger partial charge in [-0.3, -0.25) is 24.2 Å². The number of rotatable bonds is 18. The van der Waals surface area contributed by atoms with Gasteiger partial charge in [-0.15, -0.1) is 0 Å². The van der Waals surface area contributed by atoms with E-state index in [1.54, 1.807) is 12.1 Å².